The zero-order valence-corrected chi connectivity index (χ0v) is 14.4. The number of hydrogen-bond acceptors (Lipinski definition) is 3. The first-order valence-electron chi connectivity index (χ1n) is 8.47. The molecule has 0 aliphatic carbocycles. The standard InChI is InChI=1S/C20H22N2O3/c1-16-7-9-17(10-8-16)15-19(23)21-11-13-22(14-12-21)20(24)25-18-5-3-2-4-6-18/h2-10H,11-15H2,1H3. The molecule has 2 aromatic rings. The summed E-state index contributed by atoms with van der Waals surface area (Å²) in [5, 5.41) is 0. The van der Waals surface area contributed by atoms with Gasteiger partial charge in [-0.15, -0.1) is 0 Å². The molecule has 0 radical (unpaired) electrons. The van der Waals surface area contributed by atoms with Gasteiger partial charge in [-0.3, -0.25) is 4.79 Å². The SMILES string of the molecule is Cc1ccc(CC(=O)N2CCN(C(=O)Oc3ccccc3)CC2)cc1. The summed E-state index contributed by atoms with van der Waals surface area (Å²) in [5.74, 6) is 0.630. The number of nitrogens with zero attached hydrogens (tertiary/aromatic N) is 2. The summed E-state index contributed by atoms with van der Waals surface area (Å²) < 4.78 is 5.34. The fourth-order valence-corrected chi connectivity index (χ4v) is 2.78. The maximum absolute atomic E-state index is 12.4. The number of piperazine rings is 1. The smallest absolute Gasteiger partial charge is 0.410 e. The molecule has 1 aliphatic heterocycles. The van der Waals surface area contributed by atoms with Crippen LogP contribution in [0.5, 0.6) is 5.75 Å². The van der Waals surface area contributed by atoms with Crippen molar-refractivity contribution in [3.8, 4) is 5.75 Å². The van der Waals surface area contributed by atoms with E-state index in [0.29, 0.717) is 38.3 Å². The quantitative estimate of drug-likeness (QED) is 0.865. The predicted molar refractivity (Wildman–Crippen MR) is 95.5 cm³/mol. The second-order valence-corrected chi connectivity index (χ2v) is 6.21. The van der Waals surface area contributed by atoms with E-state index in [1.807, 2.05) is 54.3 Å². The average Bonchev–Trinajstić information content (AvgIpc) is 2.64. The number of aryl methyl sites for hydroxylation is 1. The normalized spacial score (nSPS) is 14.3. The van der Waals surface area contributed by atoms with E-state index in [1.54, 1.807) is 17.0 Å². The minimum absolute atomic E-state index is 0.0972. The first kappa shape index (κ1) is 17.0. The topological polar surface area (TPSA) is 49.9 Å². The highest BCUT2D eigenvalue weighted by Gasteiger charge is 2.25. The molecule has 2 amide bonds. The van der Waals surface area contributed by atoms with Crippen molar-refractivity contribution < 1.29 is 14.3 Å². The maximum Gasteiger partial charge on any atom is 0.415 e. The van der Waals surface area contributed by atoms with Gasteiger partial charge in [0.25, 0.3) is 0 Å². The zero-order chi connectivity index (χ0) is 17.6. The van der Waals surface area contributed by atoms with Crippen molar-refractivity contribution in [1.82, 2.24) is 9.80 Å². The molecule has 130 valence electrons. The molecule has 0 atom stereocenters. The van der Waals surface area contributed by atoms with Crippen molar-refractivity contribution in [3.05, 3.63) is 65.7 Å². The molecule has 0 spiro atoms. The lowest BCUT2D eigenvalue weighted by molar-refractivity contribution is -0.132. The van der Waals surface area contributed by atoms with Crippen LogP contribution in [-0.4, -0.2) is 48.0 Å². The van der Waals surface area contributed by atoms with Crippen LogP contribution in [0.15, 0.2) is 54.6 Å². The van der Waals surface area contributed by atoms with Gasteiger partial charge < -0.3 is 14.5 Å². The van der Waals surface area contributed by atoms with Crippen molar-refractivity contribution in [3.63, 3.8) is 0 Å². The minimum Gasteiger partial charge on any atom is -0.410 e. The lowest BCUT2D eigenvalue weighted by Gasteiger charge is -2.34. The van der Waals surface area contributed by atoms with Crippen molar-refractivity contribution in [1.29, 1.82) is 0 Å². The van der Waals surface area contributed by atoms with Crippen LogP contribution in [-0.2, 0) is 11.2 Å². The second kappa shape index (κ2) is 7.83. The van der Waals surface area contributed by atoms with Crippen LogP contribution >= 0.6 is 0 Å². The highest BCUT2D eigenvalue weighted by Crippen LogP contribution is 2.13. The summed E-state index contributed by atoms with van der Waals surface area (Å²) in [6.45, 7) is 4.08. The van der Waals surface area contributed by atoms with E-state index in [2.05, 4.69) is 0 Å². The van der Waals surface area contributed by atoms with Gasteiger partial charge in [0.1, 0.15) is 5.75 Å². The lowest BCUT2D eigenvalue weighted by Crippen LogP contribution is -2.51. The Balaban J connectivity index is 1.48. The van der Waals surface area contributed by atoms with Crippen LogP contribution in [0, 0.1) is 6.92 Å². The third kappa shape index (κ3) is 4.59. The third-order valence-electron chi connectivity index (χ3n) is 4.31. The average molecular weight is 338 g/mol. The molecule has 1 heterocycles. The number of hydrogen-bond donors (Lipinski definition) is 0. The summed E-state index contributed by atoms with van der Waals surface area (Å²) >= 11 is 0. The molecule has 1 aliphatic rings. The first-order valence-corrected chi connectivity index (χ1v) is 8.47. The molecule has 1 fully saturated rings. The number of rotatable bonds is 3. The molecule has 5 heteroatoms. The summed E-state index contributed by atoms with van der Waals surface area (Å²) in [7, 11) is 0. The lowest BCUT2D eigenvalue weighted by atomic mass is 10.1. The van der Waals surface area contributed by atoms with Gasteiger partial charge in [0.15, 0.2) is 0 Å². The molecule has 1 saturated heterocycles. The molecule has 0 bridgehead atoms. The molecule has 3 rings (SSSR count). The van der Waals surface area contributed by atoms with Crippen LogP contribution in [0.25, 0.3) is 0 Å². The fraction of sp³-hybridized carbons (Fsp3) is 0.300. The van der Waals surface area contributed by atoms with Crippen molar-refractivity contribution in [2.24, 2.45) is 0 Å². The summed E-state index contributed by atoms with van der Waals surface area (Å²) in [6, 6.07) is 17.0. The van der Waals surface area contributed by atoms with E-state index in [9.17, 15) is 9.59 Å². The maximum atomic E-state index is 12.4. The first-order chi connectivity index (χ1) is 12.1. The van der Waals surface area contributed by atoms with Gasteiger partial charge in [-0.1, -0.05) is 48.0 Å². The summed E-state index contributed by atoms with van der Waals surface area (Å²) in [4.78, 5) is 28.0. The number of benzene rings is 2. The molecule has 0 unspecified atom stereocenters. The molecular weight excluding hydrogens is 316 g/mol. The number of carbonyl (C=O) groups excluding carboxylic acids is 2. The Labute approximate surface area is 147 Å². The molecule has 0 saturated carbocycles. The Morgan fingerprint density at radius 2 is 1.48 bits per heavy atom. The van der Waals surface area contributed by atoms with E-state index in [0.717, 1.165) is 5.56 Å². The molecule has 2 aromatic carbocycles. The number of ether oxygens (including phenoxy) is 1. The van der Waals surface area contributed by atoms with E-state index in [4.69, 9.17) is 4.74 Å². The van der Waals surface area contributed by atoms with E-state index in [1.165, 1.54) is 5.56 Å². The third-order valence-corrected chi connectivity index (χ3v) is 4.31. The van der Waals surface area contributed by atoms with Gasteiger partial charge in [0.2, 0.25) is 5.91 Å². The number of para-hydroxylation sites is 1. The van der Waals surface area contributed by atoms with Crippen molar-refractivity contribution in [2.75, 3.05) is 26.2 Å². The van der Waals surface area contributed by atoms with E-state index >= 15 is 0 Å². The molecule has 5 nitrogen and oxygen atoms in total. The Morgan fingerprint density at radius 1 is 0.880 bits per heavy atom. The second-order valence-electron chi connectivity index (χ2n) is 6.21. The Hall–Kier alpha value is -2.82. The fourth-order valence-electron chi connectivity index (χ4n) is 2.78. The van der Waals surface area contributed by atoms with E-state index in [-0.39, 0.29) is 12.0 Å². The van der Waals surface area contributed by atoms with Crippen LogP contribution in [0.3, 0.4) is 0 Å². The highest BCUT2D eigenvalue weighted by molar-refractivity contribution is 5.79. The molecule has 0 N–H and O–H groups in total. The summed E-state index contributed by atoms with van der Waals surface area (Å²) in [5.41, 5.74) is 2.20. The Bertz CT molecular complexity index is 720. The van der Waals surface area contributed by atoms with E-state index < -0.39 is 0 Å². The van der Waals surface area contributed by atoms with Gasteiger partial charge in [-0.2, -0.15) is 0 Å². The van der Waals surface area contributed by atoms with Crippen LogP contribution in [0.4, 0.5) is 4.79 Å². The van der Waals surface area contributed by atoms with Crippen LogP contribution < -0.4 is 4.74 Å². The number of amides is 2. The highest BCUT2D eigenvalue weighted by atomic mass is 16.6. The molecule has 0 aromatic heterocycles. The largest absolute Gasteiger partial charge is 0.415 e. The number of carbonyl (C=O) groups is 2. The van der Waals surface area contributed by atoms with Crippen LogP contribution in [0.1, 0.15) is 11.1 Å². The van der Waals surface area contributed by atoms with Gasteiger partial charge in [0, 0.05) is 26.2 Å². The summed E-state index contributed by atoms with van der Waals surface area (Å²) in [6.07, 6.45) is 0.0335. The van der Waals surface area contributed by atoms with Gasteiger partial charge in [0.05, 0.1) is 6.42 Å². The van der Waals surface area contributed by atoms with Crippen molar-refractivity contribution in [2.45, 2.75) is 13.3 Å². The monoisotopic (exact) mass is 338 g/mol. The Morgan fingerprint density at radius 3 is 2.12 bits per heavy atom. The Kier molecular flexibility index (Phi) is 5.33. The predicted octanol–water partition coefficient (Wildman–Crippen LogP) is 2.88. The van der Waals surface area contributed by atoms with Gasteiger partial charge in [-0.25, -0.2) is 4.79 Å². The minimum atomic E-state index is -0.364. The van der Waals surface area contributed by atoms with Gasteiger partial charge >= 0.3 is 6.09 Å². The van der Waals surface area contributed by atoms with Gasteiger partial charge in [-0.05, 0) is 24.6 Å². The van der Waals surface area contributed by atoms with Crippen LogP contribution in [0.2, 0.25) is 0 Å². The molecular formula is C20H22N2O3. The van der Waals surface area contributed by atoms with Crippen molar-refractivity contribution >= 4 is 12.0 Å². The zero-order valence-electron chi connectivity index (χ0n) is 14.4. The molecule has 25 heavy (non-hydrogen) atoms.